The third kappa shape index (κ3) is 3.88. The molecule has 5 aromatic rings. The van der Waals surface area contributed by atoms with Crippen LogP contribution in [0.3, 0.4) is 0 Å². The number of ketones is 1. The van der Waals surface area contributed by atoms with Crippen LogP contribution in [0.25, 0.3) is 32.6 Å². The molecular formula is C28H22N2O2S. The molecule has 33 heavy (non-hydrogen) atoms. The average Bonchev–Trinajstić information content (AvgIpc) is 3.20. The number of nitrogens with two attached hydrogens (primary N) is 1. The van der Waals surface area contributed by atoms with E-state index < -0.39 is 0 Å². The molecule has 0 aliphatic carbocycles. The topological polar surface area (TPSA) is 65.2 Å². The van der Waals surface area contributed by atoms with Crippen molar-refractivity contribution in [3.63, 3.8) is 0 Å². The first-order valence-electron chi connectivity index (χ1n) is 10.6. The fourth-order valence-electron chi connectivity index (χ4n) is 3.88. The molecule has 3 aromatic carbocycles. The van der Waals surface area contributed by atoms with Crippen LogP contribution in [0.2, 0.25) is 0 Å². The van der Waals surface area contributed by atoms with E-state index in [-0.39, 0.29) is 5.78 Å². The lowest BCUT2D eigenvalue weighted by atomic mass is 9.98. The maximum atomic E-state index is 13.3. The molecule has 2 aromatic heterocycles. The molecule has 4 nitrogen and oxygen atoms in total. The van der Waals surface area contributed by atoms with Crippen molar-refractivity contribution >= 4 is 33.0 Å². The van der Waals surface area contributed by atoms with Gasteiger partial charge in [0.25, 0.3) is 0 Å². The second-order valence-corrected chi connectivity index (χ2v) is 8.87. The van der Waals surface area contributed by atoms with Crippen LogP contribution in [0, 0.1) is 6.92 Å². The van der Waals surface area contributed by atoms with Crippen molar-refractivity contribution in [2.75, 3.05) is 12.8 Å². The summed E-state index contributed by atoms with van der Waals surface area (Å²) in [7, 11) is 1.65. The van der Waals surface area contributed by atoms with Crippen molar-refractivity contribution in [1.82, 2.24) is 4.98 Å². The first-order chi connectivity index (χ1) is 16.0. The summed E-state index contributed by atoms with van der Waals surface area (Å²) in [5, 5.41) is 0.806. The van der Waals surface area contributed by atoms with Gasteiger partial charge < -0.3 is 10.5 Å². The van der Waals surface area contributed by atoms with Crippen molar-refractivity contribution in [2.24, 2.45) is 0 Å². The number of aromatic nitrogens is 1. The van der Waals surface area contributed by atoms with Gasteiger partial charge in [-0.3, -0.25) is 4.79 Å². The molecule has 0 saturated heterocycles. The number of anilines is 1. The molecule has 2 N–H and O–H groups in total. The first kappa shape index (κ1) is 20.9. The van der Waals surface area contributed by atoms with Gasteiger partial charge in [0.2, 0.25) is 5.78 Å². The summed E-state index contributed by atoms with van der Waals surface area (Å²) >= 11 is 1.35. The van der Waals surface area contributed by atoms with E-state index in [1.807, 2.05) is 91.9 Å². The third-order valence-corrected chi connectivity index (χ3v) is 6.79. The smallest absolute Gasteiger partial charge is 0.205 e. The van der Waals surface area contributed by atoms with E-state index in [4.69, 9.17) is 15.5 Å². The summed E-state index contributed by atoms with van der Waals surface area (Å²) in [5.41, 5.74) is 12.6. The highest BCUT2D eigenvalue weighted by Gasteiger charge is 2.22. The predicted molar refractivity (Wildman–Crippen MR) is 136 cm³/mol. The maximum Gasteiger partial charge on any atom is 0.205 e. The summed E-state index contributed by atoms with van der Waals surface area (Å²) in [6.07, 6.45) is 0. The Hall–Kier alpha value is -3.96. The van der Waals surface area contributed by atoms with Crippen LogP contribution in [0.5, 0.6) is 5.75 Å². The monoisotopic (exact) mass is 450 g/mol. The molecule has 0 spiro atoms. The van der Waals surface area contributed by atoms with E-state index in [0.717, 1.165) is 43.9 Å². The van der Waals surface area contributed by atoms with Crippen LogP contribution in [-0.2, 0) is 0 Å². The van der Waals surface area contributed by atoms with Gasteiger partial charge >= 0.3 is 0 Å². The Morgan fingerprint density at radius 1 is 0.909 bits per heavy atom. The minimum atomic E-state index is -0.0857. The van der Waals surface area contributed by atoms with Gasteiger partial charge in [0.15, 0.2) is 0 Å². The lowest BCUT2D eigenvalue weighted by molar-refractivity contribution is 0.104. The van der Waals surface area contributed by atoms with Crippen LogP contribution >= 0.6 is 11.3 Å². The molecule has 5 rings (SSSR count). The van der Waals surface area contributed by atoms with Crippen LogP contribution in [0.4, 0.5) is 5.69 Å². The standard InChI is InChI=1S/C28H22N2O2S/c1-17-8-10-20(11-9-17)26(31)27-25(29)24-22(18-12-14-21(32-2)15-13-18)16-23(30-28(24)33-27)19-6-4-3-5-7-19/h3-16H,29H2,1-2H3. The number of aryl methyl sites for hydroxylation is 1. The summed E-state index contributed by atoms with van der Waals surface area (Å²) in [6, 6.07) is 27.5. The molecule has 5 heteroatoms. The molecule has 0 saturated carbocycles. The number of benzene rings is 3. The number of nitrogens with zero attached hydrogens (tertiary/aromatic N) is 1. The Morgan fingerprint density at radius 3 is 2.27 bits per heavy atom. The molecule has 0 atom stereocenters. The number of hydrogen-bond donors (Lipinski definition) is 1. The number of pyridine rings is 1. The number of fused-ring (bicyclic) bond motifs is 1. The number of hydrogen-bond acceptors (Lipinski definition) is 5. The number of rotatable bonds is 5. The van der Waals surface area contributed by atoms with Crippen molar-refractivity contribution in [3.05, 3.63) is 101 Å². The van der Waals surface area contributed by atoms with Crippen LogP contribution < -0.4 is 10.5 Å². The molecule has 0 bridgehead atoms. The largest absolute Gasteiger partial charge is 0.497 e. The van der Waals surface area contributed by atoms with Crippen LogP contribution in [0.15, 0.2) is 84.9 Å². The van der Waals surface area contributed by atoms with Gasteiger partial charge in [-0.25, -0.2) is 4.98 Å². The second kappa shape index (κ2) is 8.52. The van der Waals surface area contributed by atoms with E-state index in [1.165, 1.54) is 11.3 Å². The molecule has 162 valence electrons. The predicted octanol–water partition coefficient (Wildman–Crippen LogP) is 6.76. The van der Waals surface area contributed by atoms with Gasteiger partial charge in [0.05, 0.1) is 18.5 Å². The lowest BCUT2D eigenvalue weighted by Gasteiger charge is -2.10. The number of carbonyl (C=O) groups excluding carboxylic acids is 1. The minimum Gasteiger partial charge on any atom is -0.497 e. The minimum absolute atomic E-state index is 0.0857. The summed E-state index contributed by atoms with van der Waals surface area (Å²) < 4.78 is 5.32. The Morgan fingerprint density at radius 2 is 1.61 bits per heavy atom. The second-order valence-electron chi connectivity index (χ2n) is 7.87. The van der Waals surface area contributed by atoms with Crippen LogP contribution in [-0.4, -0.2) is 17.9 Å². The zero-order valence-electron chi connectivity index (χ0n) is 18.3. The highest BCUT2D eigenvalue weighted by atomic mass is 32.1. The van der Waals surface area contributed by atoms with Gasteiger partial charge in [-0.1, -0.05) is 72.3 Å². The number of ether oxygens (including phenoxy) is 1. The number of carbonyl (C=O) groups is 1. The molecule has 0 fully saturated rings. The number of nitrogen functional groups attached to an aromatic ring is 1. The van der Waals surface area contributed by atoms with Gasteiger partial charge in [-0.2, -0.15) is 0 Å². The van der Waals surface area contributed by atoms with Crippen LogP contribution in [0.1, 0.15) is 20.8 Å². The summed E-state index contributed by atoms with van der Waals surface area (Å²) in [5.74, 6) is 0.693. The third-order valence-electron chi connectivity index (χ3n) is 5.69. The first-order valence-corrected chi connectivity index (χ1v) is 11.4. The van der Waals surface area contributed by atoms with Crippen molar-refractivity contribution in [2.45, 2.75) is 6.92 Å². The molecule has 0 amide bonds. The molecule has 0 radical (unpaired) electrons. The highest BCUT2D eigenvalue weighted by Crippen LogP contribution is 2.42. The molecule has 2 heterocycles. The number of thiophene rings is 1. The van der Waals surface area contributed by atoms with E-state index >= 15 is 0 Å². The summed E-state index contributed by atoms with van der Waals surface area (Å²) in [4.78, 5) is 19.5. The van der Waals surface area contributed by atoms with E-state index in [1.54, 1.807) is 7.11 Å². The van der Waals surface area contributed by atoms with E-state index in [2.05, 4.69) is 0 Å². The Kier molecular flexibility index (Phi) is 5.40. The van der Waals surface area contributed by atoms with Crippen molar-refractivity contribution in [3.8, 4) is 28.1 Å². The normalized spacial score (nSPS) is 11.0. The van der Waals surface area contributed by atoms with Gasteiger partial charge in [-0.15, -0.1) is 11.3 Å². The average molecular weight is 451 g/mol. The maximum absolute atomic E-state index is 13.3. The SMILES string of the molecule is COc1ccc(-c2cc(-c3ccccc3)nc3sc(C(=O)c4ccc(C)cc4)c(N)c23)cc1. The zero-order chi connectivity index (χ0) is 22.9. The van der Waals surface area contributed by atoms with Gasteiger partial charge in [0.1, 0.15) is 15.5 Å². The van der Waals surface area contributed by atoms with Crippen molar-refractivity contribution in [1.29, 1.82) is 0 Å². The number of methoxy groups -OCH3 is 1. The lowest BCUT2D eigenvalue weighted by Crippen LogP contribution is -2.02. The molecule has 0 aliphatic rings. The Bertz CT molecular complexity index is 1450. The molecule has 0 unspecified atom stereocenters. The Balaban J connectivity index is 1.73. The fraction of sp³-hybridized carbons (Fsp3) is 0.0714. The van der Waals surface area contributed by atoms with Gasteiger partial charge in [0, 0.05) is 16.5 Å². The van der Waals surface area contributed by atoms with E-state index in [0.29, 0.717) is 16.1 Å². The Labute approximate surface area is 196 Å². The van der Waals surface area contributed by atoms with E-state index in [9.17, 15) is 4.79 Å². The molecule has 0 aliphatic heterocycles. The fourth-order valence-corrected chi connectivity index (χ4v) is 4.96. The quantitative estimate of drug-likeness (QED) is 0.300. The highest BCUT2D eigenvalue weighted by molar-refractivity contribution is 7.21. The summed E-state index contributed by atoms with van der Waals surface area (Å²) in [6.45, 7) is 2.00. The van der Waals surface area contributed by atoms with Gasteiger partial charge in [-0.05, 0) is 36.2 Å². The molecular weight excluding hydrogens is 428 g/mol. The zero-order valence-corrected chi connectivity index (χ0v) is 19.1. The van der Waals surface area contributed by atoms with Crippen molar-refractivity contribution < 1.29 is 9.53 Å².